The Hall–Kier alpha value is -2.78. The summed E-state index contributed by atoms with van der Waals surface area (Å²) in [6, 6.07) is 6.64. The maximum atomic E-state index is 5.46. The molecule has 2 unspecified atom stereocenters. The lowest BCUT2D eigenvalue weighted by atomic mass is 9.94. The molecule has 8 nitrogen and oxygen atoms in total. The van der Waals surface area contributed by atoms with Crippen LogP contribution < -0.4 is 0 Å². The van der Waals surface area contributed by atoms with Crippen molar-refractivity contribution in [3.05, 3.63) is 48.2 Å². The molecule has 0 radical (unpaired) electrons. The third-order valence-electron chi connectivity index (χ3n) is 6.89. The van der Waals surface area contributed by atoms with Gasteiger partial charge < -0.3 is 13.9 Å². The summed E-state index contributed by atoms with van der Waals surface area (Å²) in [5.74, 6) is 3.20. The van der Waals surface area contributed by atoms with Gasteiger partial charge in [0.2, 0.25) is 5.82 Å². The fourth-order valence-corrected chi connectivity index (χ4v) is 5.92. The first-order chi connectivity index (χ1) is 15.6. The van der Waals surface area contributed by atoms with Crippen LogP contribution in [-0.2, 0) is 12.5 Å². The highest BCUT2D eigenvalue weighted by molar-refractivity contribution is 7.99. The minimum Gasteiger partial charge on any atom is -0.440 e. The fourth-order valence-electron chi connectivity index (χ4n) is 5.08. The van der Waals surface area contributed by atoms with Gasteiger partial charge in [-0.15, -0.1) is 10.2 Å². The van der Waals surface area contributed by atoms with Gasteiger partial charge in [0.15, 0.2) is 17.3 Å². The first kappa shape index (κ1) is 19.9. The second-order valence-corrected chi connectivity index (χ2v) is 9.95. The normalized spacial score (nSPS) is 22.5. The van der Waals surface area contributed by atoms with Gasteiger partial charge in [-0.05, 0) is 49.9 Å². The van der Waals surface area contributed by atoms with Gasteiger partial charge in [-0.3, -0.25) is 9.97 Å². The Kier molecular flexibility index (Phi) is 4.76. The van der Waals surface area contributed by atoms with Crippen molar-refractivity contribution >= 4 is 22.8 Å². The van der Waals surface area contributed by atoms with Crippen LogP contribution in [0.1, 0.15) is 24.1 Å². The van der Waals surface area contributed by atoms with Gasteiger partial charge in [-0.2, -0.15) is 0 Å². The van der Waals surface area contributed by atoms with E-state index in [9.17, 15) is 0 Å². The Labute approximate surface area is 190 Å². The van der Waals surface area contributed by atoms with E-state index < -0.39 is 0 Å². The second kappa shape index (κ2) is 7.67. The van der Waals surface area contributed by atoms with Gasteiger partial charge in [0, 0.05) is 43.7 Å². The average molecular weight is 448 g/mol. The number of benzene rings is 1. The largest absolute Gasteiger partial charge is 0.440 e. The highest BCUT2D eigenvalue weighted by atomic mass is 32.2. The lowest BCUT2D eigenvalue weighted by molar-refractivity contribution is 0.299. The van der Waals surface area contributed by atoms with Crippen LogP contribution in [0.25, 0.3) is 22.6 Å². The Morgan fingerprint density at radius 2 is 2.03 bits per heavy atom. The van der Waals surface area contributed by atoms with Crippen molar-refractivity contribution in [1.82, 2.24) is 34.6 Å². The molecule has 1 aliphatic heterocycles. The number of fused-ring (bicyclic) bond motifs is 2. The van der Waals surface area contributed by atoms with Crippen LogP contribution in [0.5, 0.6) is 0 Å². The summed E-state index contributed by atoms with van der Waals surface area (Å²) in [5, 5.41) is 9.54. The number of rotatable bonds is 7. The van der Waals surface area contributed by atoms with Crippen LogP contribution in [0, 0.1) is 12.8 Å². The maximum Gasteiger partial charge on any atom is 0.202 e. The highest BCUT2D eigenvalue weighted by Gasteiger charge is 2.60. The SMILES string of the molecule is Cc1ncoc1-c1nnc(SCCCN2CC3CC3(c3ccc4nccnc4c3)C2)n1C. The number of aromatic nitrogens is 6. The molecule has 1 saturated heterocycles. The number of thioether (sulfide) groups is 1. The Bertz CT molecular complexity index is 1280. The molecule has 4 heterocycles. The predicted molar refractivity (Wildman–Crippen MR) is 122 cm³/mol. The van der Waals surface area contributed by atoms with Crippen LogP contribution in [0.2, 0.25) is 0 Å². The molecule has 6 rings (SSSR count). The predicted octanol–water partition coefficient (Wildman–Crippen LogP) is 3.48. The molecule has 2 aliphatic rings. The highest BCUT2D eigenvalue weighted by Crippen LogP contribution is 2.59. The van der Waals surface area contributed by atoms with Crippen molar-refractivity contribution in [3.8, 4) is 11.6 Å². The fraction of sp³-hybridized carbons (Fsp3) is 0.435. The number of hydrogen-bond donors (Lipinski definition) is 0. The average Bonchev–Trinajstić information content (AvgIpc) is 3.10. The first-order valence-electron chi connectivity index (χ1n) is 11.0. The zero-order chi connectivity index (χ0) is 21.7. The van der Waals surface area contributed by atoms with Crippen LogP contribution in [-0.4, -0.2) is 60.0 Å². The monoisotopic (exact) mass is 447 g/mol. The van der Waals surface area contributed by atoms with Crippen molar-refractivity contribution in [2.45, 2.75) is 30.3 Å². The molecule has 3 aromatic heterocycles. The molecule has 0 bridgehead atoms. The maximum absolute atomic E-state index is 5.46. The van der Waals surface area contributed by atoms with Crippen molar-refractivity contribution in [2.75, 3.05) is 25.4 Å². The Morgan fingerprint density at radius 3 is 2.88 bits per heavy atom. The van der Waals surface area contributed by atoms with Gasteiger partial charge in [0.25, 0.3) is 0 Å². The molecule has 0 spiro atoms. The number of nitrogens with zero attached hydrogens (tertiary/aromatic N) is 7. The van der Waals surface area contributed by atoms with Gasteiger partial charge >= 0.3 is 0 Å². The topological polar surface area (TPSA) is 85.8 Å². The number of piperidine rings is 1. The summed E-state index contributed by atoms with van der Waals surface area (Å²) in [4.78, 5) is 15.7. The summed E-state index contributed by atoms with van der Waals surface area (Å²) in [5.41, 5.74) is 4.57. The number of likely N-dealkylation sites (tertiary alicyclic amines) is 1. The third-order valence-corrected chi connectivity index (χ3v) is 8.00. The first-order valence-corrected chi connectivity index (χ1v) is 12.0. The zero-order valence-electron chi connectivity index (χ0n) is 18.2. The van der Waals surface area contributed by atoms with Crippen molar-refractivity contribution in [3.63, 3.8) is 0 Å². The lowest BCUT2D eigenvalue weighted by Gasteiger charge is -2.21. The Balaban J connectivity index is 1.04. The van der Waals surface area contributed by atoms with E-state index in [-0.39, 0.29) is 0 Å². The molecule has 32 heavy (non-hydrogen) atoms. The molecule has 0 amide bonds. The van der Waals surface area contributed by atoms with Crippen LogP contribution in [0.4, 0.5) is 0 Å². The number of oxazole rings is 1. The molecule has 2 atom stereocenters. The summed E-state index contributed by atoms with van der Waals surface area (Å²) < 4.78 is 7.45. The molecule has 1 aromatic carbocycles. The van der Waals surface area contributed by atoms with Gasteiger partial charge in [0.05, 0.1) is 16.7 Å². The van der Waals surface area contributed by atoms with E-state index >= 15 is 0 Å². The smallest absolute Gasteiger partial charge is 0.202 e. The quantitative estimate of drug-likeness (QED) is 0.314. The summed E-state index contributed by atoms with van der Waals surface area (Å²) >= 11 is 1.75. The molecular formula is C23H25N7OS. The molecular weight excluding hydrogens is 422 g/mol. The van der Waals surface area contributed by atoms with E-state index in [4.69, 9.17) is 4.42 Å². The van der Waals surface area contributed by atoms with E-state index in [0.717, 1.165) is 58.9 Å². The molecule has 2 fully saturated rings. The van der Waals surface area contributed by atoms with E-state index in [0.29, 0.717) is 11.2 Å². The minimum absolute atomic E-state index is 0.326. The molecule has 0 N–H and O–H groups in total. The van der Waals surface area contributed by atoms with Crippen LogP contribution >= 0.6 is 11.8 Å². The van der Waals surface area contributed by atoms with Crippen LogP contribution in [0.15, 0.2) is 46.6 Å². The number of hydrogen-bond acceptors (Lipinski definition) is 8. The third kappa shape index (κ3) is 3.31. The summed E-state index contributed by atoms with van der Waals surface area (Å²) in [6.45, 7) is 5.37. The number of aryl methyl sites for hydroxylation is 1. The van der Waals surface area contributed by atoms with E-state index in [1.807, 2.05) is 18.5 Å². The molecule has 1 saturated carbocycles. The summed E-state index contributed by atoms with van der Waals surface area (Å²) in [7, 11) is 1.98. The van der Waals surface area contributed by atoms with E-state index in [2.05, 4.69) is 48.2 Å². The van der Waals surface area contributed by atoms with Gasteiger partial charge in [0.1, 0.15) is 0 Å². The van der Waals surface area contributed by atoms with Gasteiger partial charge in [-0.25, -0.2) is 4.98 Å². The van der Waals surface area contributed by atoms with E-state index in [1.165, 1.54) is 24.9 Å². The Morgan fingerprint density at radius 1 is 1.16 bits per heavy atom. The second-order valence-electron chi connectivity index (χ2n) is 8.89. The standard InChI is InChI=1S/C23H25N7OS/c1-15-20(31-14-26-15)21-27-28-22(29(21)2)32-9-3-8-30-12-17-11-23(17,13-30)16-4-5-18-19(10-16)25-7-6-24-18/h4-7,10,14,17H,3,8-9,11-13H2,1-2H3. The lowest BCUT2D eigenvalue weighted by Crippen LogP contribution is -2.27. The van der Waals surface area contributed by atoms with E-state index in [1.54, 1.807) is 24.2 Å². The van der Waals surface area contributed by atoms with Crippen molar-refractivity contribution in [2.24, 2.45) is 13.0 Å². The minimum atomic E-state index is 0.326. The molecule has 164 valence electrons. The molecule has 4 aromatic rings. The van der Waals surface area contributed by atoms with Crippen LogP contribution in [0.3, 0.4) is 0 Å². The zero-order valence-corrected chi connectivity index (χ0v) is 19.0. The van der Waals surface area contributed by atoms with Crippen molar-refractivity contribution < 1.29 is 4.42 Å². The molecule has 9 heteroatoms. The van der Waals surface area contributed by atoms with Gasteiger partial charge in [-0.1, -0.05) is 17.8 Å². The molecule has 1 aliphatic carbocycles. The summed E-state index contributed by atoms with van der Waals surface area (Å²) in [6.07, 6.45) is 7.41. The van der Waals surface area contributed by atoms with Crippen molar-refractivity contribution in [1.29, 1.82) is 0 Å².